The molecule has 19 heavy (non-hydrogen) atoms. The molecule has 108 valence electrons. The molecular weight excluding hydrogens is 268 g/mol. The van der Waals surface area contributed by atoms with Crippen molar-refractivity contribution in [1.29, 1.82) is 0 Å². The zero-order chi connectivity index (χ0) is 14.6. The van der Waals surface area contributed by atoms with Gasteiger partial charge in [0.05, 0.1) is 5.41 Å². The van der Waals surface area contributed by atoms with Crippen LogP contribution in [0.25, 0.3) is 0 Å². The van der Waals surface area contributed by atoms with Gasteiger partial charge in [-0.2, -0.15) is 11.8 Å². The number of nitrogens with one attached hydrogen (secondary N) is 1. The summed E-state index contributed by atoms with van der Waals surface area (Å²) in [6, 6.07) is -0.316. The maximum absolute atomic E-state index is 11.8. The van der Waals surface area contributed by atoms with E-state index in [9.17, 15) is 14.4 Å². The number of carboxylic acid groups (broad SMARTS) is 1. The number of rotatable bonds is 4. The highest BCUT2D eigenvalue weighted by Gasteiger charge is 2.32. The van der Waals surface area contributed by atoms with Gasteiger partial charge in [0.2, 0.25) is 5.91 Å². The van der Waals surface area contributed by atoms with E-state index >= 15 is 0 Å². The van der Waals surface area contributed by atoms with E-state index in [4.69, 9.17) is 5.11 Å². The molecule has 0 spiro atoms. The van der Waals surface area contributed by atoms with Gasteiger partial charge in [-0.15, -0.1) is 0 Å². The van der Waals surface area contributed by atoms with Crippen LogP contribution in [0.5, 0.6) is 0 Å². The van der Waals surface area contributed by atoms with Gasteiger partial charge in [0, 0.05) is 25.3 Å². The van der Waals surface area contributed by atoms with Gasteiger partial charge < -0.3 is 10.0 Å². The summed E-state index contributed by atoms with van der Waals surface area (Å²) in [7, 11) is 1.65. The maximum Gasteiger partial charge on any atom is 0.324 e. The number of carbonyl (C=O) groups excluding carboxylic acids is 2. The van der Waals surface area contributed by atoms with Crippen LogP contribution in [0.3, 0.4) is 0 Å². The fourth-order valence-corrected chi connectivity index (χ4v) is 2.99. The van der Waals surface area contributed by atoms with Crippen molar-refractivity contribution in [2.75, 3.05) is 18.6 Å². The molecule has 3 amide bonds. The summed E-state index contributed by atoms with van der Waals surface area (Å²) >= 11 is 1.78. The molecule has 1 atom stereocenters. The lowest BCUT2D eigenvalue weighted by Gasteiger charge is -2.24. The number of nitrogens with zero attached hydrogens (tertiary/aromatic N) is 1. The first-order valence-electron chi connectivity index (χ1n) is 6.12. The molecule has 1 saturated heterocycles. The SMILES string of the molecule is CN(C(=O)NC(=O)CC(C)(C)C(=O)O)C1CCSC1. The quantitative estimate of drug-likeness (QED) is 0.810. The third kappa shape index (κ3) is 4.41. The van der Waals surface area contributed by atoms with Crippen molar-refractivity contribution in [2.45, 2.75) is 32.7 Å². The van der Waals surface area contributed by atoms with Crippen LogP contribution in [0, 0.1) is 5.41 Å². The second kappa shape index (κ2) is 6.27. The molecule has 1 fully saturated rings. The van der Waals surface area contributed by atoms with E-state index in [1.165, 1.54) is 18.7 Å². The molecule has 1 aliphatic rings. The minimum atomic E-state index is -1.17. The molecule has 0 aromatic rings. The van der Waals surface area contributed by atoms with Gasteiger partial charge in [-0.1, -0.05) is 0 Å². The zero-order valence-electron chi connectivity index (χ0n) is 11.4. The lowest BCUT2D eigenvalue weighted by Crippen LogP contribution is -2.47. The first-order chi connectivity index (χ1) is 8.74. The van der Waals surface area contributed by atoms with Gasteiger partial charge in [0.15, 0.2) is 0 Å². The van der Waals surface area contributed by atoms with E-state index in [-0.39, 0.29) is 12.5 Å². The summed E-state index contributed by atoms with van der Waals surface area (Å²) in [5.41, 5.74) is -1.17. The zero-order valence-corrected chi connectivity index (χ0v) is 12.2. The molecular formula is C12H20N2O4S. The van der Waals surface area contributed by atoms with Crippen LogP contribution < -0.4 is 5.32 Å². The van der Waals surface area contributed by atoms with Crippen LogP contribution in [0.1, 0.15) is 26.7 Å². The number of hydrogen-bond donors (Lipinski definition) is 2. The molecule has 1 rings (SSSR count). The molecule has 7 heteroatoms. The summed E-state index contributed by atoms with van der Waals surface area (Å²) in [4.78, 5) is 35.9. The Bertz CT molecular complexity index is 378. The third-order valence-corrected chi connectivity index (χ3v) is 4.35. The van der Waals surface area contributed by atoms with Crippen molar-refractivity contribution >= 4 is 29.7 Å². The van der Waals surface area contributed by atoms with Gasteiger partial charge in [0.1, 0.15) is 0 Å². The molecule has 0 aromatic carbocycles. The highest BCUT2D eigenvalue weighted by atomic mass is 32.2. The first kappa shape index (κ1) is 15.8. The monoisotopic (exact) mass is 288 g/mol. The van der Waals surface area contributed by atoms with Crippen molar-refractivity contribution in [3.8, 4) is 0 Å². The predicted octanol–water partition coefficient (Wildman–Crippen LogP) is 1.16. The highest BCUT2D eigenvalue weighted by molar-refractivity contribution is 7.99. The van der Waals surface area contributed by atoms with Crippen LogP contribution in [-0.2, 0) is 9.59 Å². The topological polar surface area (TPSA) is 86.7 Å². The number of carboxylic acids is 1. The Morgan fingerprint density at radius 2 is 2.05 bits per heavy atom. The minimum Gasteiger partial charge on any atom is -0.481 e. The van der Waals surface area contributed by atoms with Gasteiger partial charge in [0.25, 0.3) is 0 Å². The molecule has 0 radical (unpaired) electrons. The van der Waals surface area contributed by atoms with E-state index in [0.29, 0.717) is 0 Å². The number of imide groups is 1. The molecule has 1 aliphatic heterocycles. The molecule has 1 heterocycles. The van der Waals surface area contributed by atoms with E-state index in [0.717, 1.165) is 17.9 Å². The summed E-state index contributed by atoms with van der Waals surface area (Å²) in [6.45, 7) is 2.91. The number of hydrogen-bond acceptors (Lipinski definition) is 4. The smallest absolute Gasteiger partial charge is 0.324 e. The second-order valence-corrected chi connectivity index (χ2v) is 6.50. The van der Waals surface area contributed by atoms with Gasteiger partial charge in [-0.3, -0.25) is 14.9 Å². The Morgan fingerprint density at radius 3 is 2.53 bits per heavy atom. The predicted molar refractivity (Wildman–Crippen MR) is 73.1 cm³/mol. The largest absolute Gasteiger partial charge is 0.481 e. The summed E-state index contributed by atoms with van der Waals surface area (Å²) < 4.78 is 0. The normalized spacial score (nSPS) is 19.0. The lowest BCUT2D eigenvalue weighted by molar-refractivity contribution is -0.149. The van der Waals surface area contributed by atoms with Crippen LogP contribution >= 0.6 is 11.8 Å². The van der Waals surface area contributed by atoms with Crippen LogP contribution in [0.4, 0.5) is 4.79 Å². The molecule has 1 unspecified atom stereocenters. The maximum atomic E-state index is 11.8. The molecule has 0 saturated carbocycles. The van der Waals surface area contributed by atoms with E-state index in [2.05, 4.69) is 5.32 Å². The number of urea groups is 1. The number of carbonyl (C=O) groups is 3. The average Bonchev–Trinajstić information content (AvgIpc) is 2.79. The Balaban J connectivity index is 2.47. The van der Waals surface area contributed by atoms with Gasteiger partial charge in [-0.25, -0.2) is 4.79 Å². The first-order valence-corrected chi connectivity index (χ1v) is 7.27. The van der Waals surface area contributed by atoms with Crippen LogP contribution in [0.15, 0.2) is 0 Å². The third-order valence-electron chi connectivity index (χ3n) is 3.20. The molecule has 6 nitrogen and oxygen atoms in total. The fraction of sp³-hybridized carbons (Fsp3) is 0.750. The van der Waals surface area contributed by atoms with E-state index in [1.54, 1.807) is 18.8 Å². The Labute approximate surface area is 116 Å². The Morgan fingerprint density at radius 1 is 1.42 bits per heavy atom. The molecule has 0 bridgehead atoms. The number of thioether (sulfide) groups is 1. The Hall–Kier alpha value is -1.24. The number of aliphatic carboxylic acids is 1. The average molecular weight is 288 g/mol. The minimum absolute atomic E-state index is 0.144. The highest BCUT2D eigenvalue weighted by Crippen LogP contribution is 2.22. The van der Waals surface area contributed by atoms with Crippen LogP contribution in [0.2, 0.25) is 0 Å². The van der Waals surface area contributed by atoms with Crippen molar-refractivity contribution in [3.63, 3.8) is 0 Å². The molecule has 0 aliphatic carbocycles. The molecule has 0 aromatic heterocycles. The fourth-order valence-electron chi connectivity index (χ4n) is 1.72. The van der Waals surface area contributed by atoms with Crippen molar-refractivity contribution < 1.29 is 19.5 Å². The lowest BCUT2D eigenvalue weighted by atomic mass is 9.89. The van der Waals surface area contributed by atoms with E-state index in [1.807, 2.05) is 0 Å². The standard InChI is InChI=1S/C12H20N2O4S/c1-12(2,10(16)17)6-9(15)13-11(18)14(3)8-4-5-19-7-8/h8H,4-7H2,1-3H3,(H,16,17)(H,13,15,18). The van der Waals surface area contributed by atoms with Gasteiger partial charge in [-0.05, 0) is 26.0 Å². The number of amides is 3. The Kier molecular flexibility index (Phi) is 5.22. The van der Waals surface area contributed by atoms with Crippen molar-refractivity contribution in [3.05, 3.63) is 0 Å². The van der Waals surface area contributed by atoms with Crippen molar-refractivity contribution in [2.24, 2.45) is 5.41 Å². The van der Waals surface area contributed by atoms with Crippen LogP contribution in [-0.4, -0.2) is 52.5 Å². The molecule has 2 N–H and O–H groups in total. The summed E-state index contributed by atoms with van der Waals surface area (Å²) in [5.74, 6) is 0.270. The summed E-state index contributed by atoms with van der Waals surface area (Å²) in [5, 5.41) is 11.2. The summed E-state index contributed by atoms with van der Waals surface area (Å²) in [6.07, 6.45) is 0.699. The second-order valence-electron chi connectivity index (χ2n) is 5.35. The van der Waals surface area contributed by atoms with E-state index < -0.39 is 23.3 Å². The van der Waals surface area contributed by atoms with Crippen molar-refractivity contribution in [1.82, 2.24) is 10.2 Å². The van der Waals surface area contributed by atoms with Gasteiger partial charge >= 0.3 is 12.0 Å².